The Labute approximate surface area is 168 Å². The molecule has 2 heterocycles. The number of anilines is 1. The van der Waals surface area contributed by atoms with Gasteiger partial charge in [0, 0.05) is 28.6 Å². The lowest BCUT2D eigenvalue weighted by molar-refractivity contribution is -0.112. The van der Waals surface area contributed by atoms with E-state index >= 15 is 0 Å². The normalized spacial score (nSPS) is 12.6. The first-order valence-electron chi connectivity index (χ1n) is 9.04. The maximum atomic E-state index is 12.7. The lowest BCUT2D eigenvalue weighted by atomic mass is 10.0. The van der Waals surface area contributed by atoms with Gasteiger partial charge in [0.1, 0.15) is 5.75 Å². The van der Waals surface area contributed by atoms with Crippen LogP contribution in [-0.4, -0.2) is 10.9 Å². The summed E-state index contributed by atoms with van der Waals surface area (Å²) in [4.78, 5) is 18.1. The third kappa shape index (κ3) is 4.21. The van der Waals surface area contributed by atoms with Gasteiger partial charge in [-0.1, -0.05) is 47.5 Å². The zero-order chi connectivity index (χ0) is 19.5. The van der Waals surface area contributed by atoms with Crippen molar-refractivity contribution in [2.45, 2.75) is 20.3 Å². The molecule has 0 spiro atoms. The number of benzene rings is 2. The third-order valence-corrected chi connectivity index (χ3v) is 5.28. The number of aryl methyl sites for hydroxylation is 2. The largest absolute Gasteiger partial charge is 0.464 e. The average Bonchev–Trinajstić information content (AvgIpc) is 2.96. The molecule has 4 nitrogen and oxygen atoms in total. The molecule has 0 unspecified atom stereocenters. The number of carbonyl (C=O) groups is 1. The van der Waals surface area contributed by atoms with Gasteiger partial charge in [0.05, 0.1) is 6.26 Å². The molecule has 0 aliphatic carbocycles. The molecule has 28 heavy (non-hydrogen) atoms. The summed E-state index contributed by atoms with van der Waals surface area (Å²) >= 11 is 1.50. The monoisotopic (exact) mass is 388 g/mol. The summed E-state index contributed by atoms with van der Waals surface area (Å²) in [5.74, 6) is 0.524. The smallest absolute Gasteiger partial charge is 0.257 e. The van der Waals surface area contributed by atoms with Crippen molar-refractivity contribution in [3.05, 3.63) is 93.7 Å². The van der Waals surface area contributed by atoms with Crippen LogP contribution in [-0.2, 0) is 11.2 Å². The van der Waals surface area contributed by atoms with E-state index in [9.17, 15) is 4.79 Å². The first-order valence-corrected chi connectivity index (χ1v) is 9.86. The Hall–Kier alpha value is -3.18. The van der Waals surface area contributed by atoms with Gasteiger partial charge in [0.2, 0.25) is 0 Å². The fourth-order valence-corrected chi connectivity index (χ4v) is 4.07. The van der Waals surface area contributed by atoms with Gasteiger partial charge in [-0.15, -0.1) is 11.3 Å². The van der Waals surface area contributed by atoms with Crippen molar-refractivity contribution in [2.75, 3.05) is 5.32 Å². The van der Waals surface area contributed by atoms with Gasteiger partial charge in [-0.25, -0.2) is 4.98 Å². The SMILES string of the molecule is Cc1cc(C)cc(Cc2cnc(NC(=O)C3=Cc4ccccc4OC=C3)s2)c1. The highest BCUT2D eigenvalue weighted by atomic mass is 32.1. The molecule has 2 aromatic carbocycles. The fraction of sp³-hybridized carbons (Fsp3) is 0.130. The van der Waals surface area contributed by atoms with Crippen molar-refractivity contribution in [3.8, 4) is 5.75 Å². The van der Waals surface area contributed by atoms with Crippen molar-refractivity contribution in [3.63, 3.8) is 0 Å². The van der Waals surface area contributed by atoms with Crippen LogP contribution in [0.15, 0.2) is 66.6 Å². The molecule has 0 radical (unpaired) electrons. The molecule has 1 amide bonds. The standard InChI is InChI=1S/C23H20N2O2S/c1-15-9-16(2)11-17(10-15)12-20-14-24-23(28-20)25-22(26)19-7-8-27-21-6-4-3-5-18(21)13-19/h3-11,13-14H,12H2,1-2H3,(H,24,25,26). The molecular formula is C23H20N2O2S. The summed E-state index contributed by atoms with van der Waals surface area (Å²) in [6, 6.07) is 14.1. The number of para-hydroxylation sites is 1. The molecule has 1 aliphatic heterocycles. The summed E-state index contributed by atoms with van der Waals surface area (Å²) in [6.07, 6.45) is 7.65. The number of nitrogens with zero attached hydrogens (tertiary/aromatic N) is 1. The van der Waals surface area contributed by atoms with E-state index in [1.54, 1.807) is 6.08 Å². The molecule has 0 bridgehead atoms. The Bertz CT molecular complexity index is 1080. The minimum atomic E-state index is -0.205. The van der Waals surface area contributed by atoms with Crippen molar-refractivity contribution >= 4 is 28.5 Å². The molecule has 1 aromatic heterocycles. The number of ether oxygens (including phenoxy) is 1. The number of aromatic nitrogens is 1. The third-order valence-electron chi connectivity index (χ3n) is 4.37. The summed E-state index contributed by atoms with van der Waals surface area (Å²) in [7, 11) is 0. The highest BCUT2D eigenvalue weighted by Crippen LogP contribution is 2.26. The average molecular weight is 388 g/mol. The van der Waals surface area contributed by atoms with Crippen LogP contribution in [0.25, 0.3) is 6.08 Å². The van der Waals surface area contributed by atoms with Gasteiger partial charge in [0.25, 0.3) is 5.91 Å². The molecule has 1 aliphatic rings. The minimum Gasteiger partial charge on any atom is -0.464 e. The van der Waals surface area contributed by atoms with E-state index in [2.05, 4.69) is 42.3 Å². The maximum Gasteiger partial charge on any atom is 0.257 e. The Morgan fingerprint density at radius 1 is 1.14 bits per heavy atom. The number of rotatable bonds is 4. The fourth-order valence-electron chi connectivity index (χ4n) is 3.23. The van der Waals surface area contributed by atoms with E-state index in [0.29, 0.717) is 10.7 Å². The number of amides is 1. The van der Waals surface area contributed by atoms with Crippen LogP contribution in [0.2, 0.25) is 0 Å². The second-order valence-corrected chi connectivity index (χ2v) is 7.93. The second-order valence-electron chi connectivity index (χ2n) is 6.82. The van der Waals surface area contributed by atoms with Gasteiger partial charge < -0.3 is 4.74 Å². The number of carbonyl (C=O) groups excluding carboxylic acids is 1. The van der Waals surface area contributed by atoms with Gasteiger partial charge in [-0.3, -0.25) is 10.1 Å². The van der Waals surface area contributed by atoms with Crippen LogP contribution in [0.4, 0.5) is 5.13 Å². The Morgan fingerprint density at radius 3 is 2.75 bits per heavy atom. The Balaban J connectivity index is 1.48. The number of nitrogens with one attached hydrogen (secondary N) is 1. The van der Waals surface area contributed by atoms with E-state index in [1.807, 2.05) is 36.5 Å². The molecule has 140 valence electrons. The van der Waals surface area contributed by atoms with Crippen LogP contribution >= 0.6 is 11.3 Å². The topological polar surface area (TPSA) is 51.2 Å². The predicted octanol–water partition coefficient (Wildman–Crippen LogP) is 5.28. The van der Waals surface area contributed by atoms with Crippen LogP contribution in [0.3, 0.4) is 0 Å². The lowest BCUT2D eigenvalue weighted by Gasteiger charge is -2.03. The van der Waals surface area contributed by atoms with Crippen LogP contribution in [0, 0.1) is 13.8 Å². The number of fused-ring (bicyclic) bond motifs is 1. The van der Waals surface area contributed by atoms with E-state index in [-0.39, 0.29) is 5.91 Å². The van der Waals surface area contributed by atoms with E-state index in [0.717, 1.165) is 22.6 Å². The van der Waals surface area contributed by atoms with E-state index in [4.69, 9.17) is 4.74 Å². The lowest BCUT2D eigenvalue weighted by Crippen LogP contribution is -2.12. The molecule has 0 saturated carbocycles. The van der Waals surface area contributed by atoms with Crippen molar-refractivity contribution < 1.29 is 9.53 Å². The number of thiazole rings is 1. The summed E-state index contributed by atoms with van der Waals surface area (Å²) in [5, 5.41) is 3.49. The van der Waals surface area contributed by atoms with Gasteiger partial charge in [-0.2, -0.15) is 0 Å². The van der Waals surface area contributed by atoms with E-state index < -0.39 is 0 Å². The maximum absolute atomic E-state index is 12.7. The second kappa shape index (κ2) is 7.82. The molecule has 0 atom stereocenters. The molecule has 5 heteroatoms. The Morgan fingerprint density at radius 2 is 1.93 bits per heavy atom. The number of hydrogen-bond donors (Lipinski definition) is 1. The summed E-state index contributed by atoms with van der Waals surface area (Å²) < 4.78 is 5.54. The van der Waals surface area contributed by atoms with Gasteiger partial charge >= 0.3 is 0 Å². The van der Waals surface area contributed by atoms with Gasteiger partial charge in [-0.05, 0) is 37.6 Å². The van der Waals surface area contributed by atoms with Crippen molar-refractivity contribution in [2.24, 2.45) is 0 Å². The zero-order valence-electron chi connectivity index (χ0n) is 15.7. The van der Waals surface area contributed by atoms with Crippen molar-refractivity contribution in [1.82, 2.24) is 4.98 Å². The van der Waals surface area contributed by atoms with Crippen LogP contribution < -0.4 is 10.1 Å². The molecular weight excluding hydrogens is 368 g/mol. The van der Waals surface area contributed by atoms with Crippen LogP contribution in [0.5, 0.6) is 5.75 Å². The molecule has 0 fully saturated rings. The molecule has 3 aromatic rings. The quantitative estimate of drug-likeness (QED) is 0.662. The zero-order valence-corrected chi connectivity index (χ0v) is 16.5. The van der Waals surface area contributed by atoms with Gasteiger partial charge in [0.15, 0.2) is 5.13 Å². The highest BCUT2D eigenvalue weighted by Gasteiger charge is 2.14. The molecule has 0 saturated heterocycles. The molecule has 4 rings (SSSR count). The number of hydrogen-bond acceptors (Lipinski definition) is 4. The molecule has 1 N–H and O–H groups in total. The minimum absolute atomic E-state index is 0.205. The highest BCUT2D eigenvalue weighted by molar-refractivity contribution is 7.15. The van der Waals surface area contributed by atoms with Crippen LogP contribution in [0.1, 0.15) is 27.1 Å². The predicted molar refractivity (Wildman–Crippen MR) is 114 cm³/mol. The summed E-state index contributed by atoms with van der Waals surface area (Å²) in [5.41, 5.74) is 5.15. The van der Waals surface area contributed by atoms with E-state index in [1.165, 1.54) is 34.3 Å². The first-order chi connectivity index (χ1) is 13.6. The van der Waals surface area contributed by atoms with Crippen molar-refractivity contribution in [1.29, 1.82) is 0 Å². The Kier molecular flexibility index (Phi) is 5.08. The summed E-state index contributed by atoms with van der Waals surface area (Å²) in [6.45, 7) is 4.20. The first kappa shape index (κ1) is 18.2.